The number of hydrogen-bond donors (Lipinski definition) is 4. The van der Waals surface area contributed by atoms with Gasteiger partial charge in [0.15, 0.2) is 0 Å². The van der Waals surface area contributed by atoms with Gasteiger partial charge in [-0.05, 0) is 18.8 Å². The fourth-order valence-electron chi connectivity index (χ4n) is 1.48. The van der Waals surface area contributed by atoms with Crippen molar-refractivity contribution in [3.8, 4) is 0 Å². The van der Waals surface area contributed by atoms with Gasteiger partial charge in [-0.3, -0.25) is 0 Å². The maximum Gasteiger partial charge on any atom is 0.315 e. The zero-order chi connectivity index (χ0) is 15.2. The molecule has 0 aromatic carbocycles. The predicted octanol–water partition coefficient (Wildman–Crippen LogP) is 1.37. The second kappa shape index (κ2) is 12.1. The smallest absolute Gasteiger partial charge is 0.315 e. The van der Waals surface area contributed by atoms with Gasteiger partial charge in [0.2, 0.25) is 0 Å². The highest BCUT2D eigenvalue weighted by Gasteiger charge is 2.05. The molecule has 4 amide bonds. The van der Waals surface area contributed by atoms with Crippen LogP contribution in [0.25, 0.3) is 0 Å². The first-order valence-electron chi connectivity index (χ1n) is 6.85. The van der Waals surface area contributed by atoms with Crippen LogP contribution in [0.1, 0.15) is 19.8 Å². The summed E-state index contributed by atoms with van der Waals surface area (Å²) in [6, 6.07) is -0.363. The van der Waals surface area contributed by atoms with Crippen LogP contribution in [-0.2, 0) is 0 Å². The van der Waals surface area contributed by atoms with E-state index in [2.05, 4.69) is 41.3 Å². The number of urea groups is 2. The number of nitrogens with one attached hydrogen (secondary N) is 4. The van der Waals surface area contributed by atoms with Crippen molar-refractivity contribution in [1.29, 1.82) is 0 Å². The van der Waals surface area contributed by atoms with Crippen LogP contribution in [0.2, 0.25) is 0 Å². The molecule has 0 heterocycles. The summed E-state index contributed by atoms with van der Waals surface area (Å²) in [6.45, 7) is 11.3. The van der Waals surface area contributed by atoms with Crippen LogP contribution in [0, 0.1) is 5.92 Å². The molecule has 1 atom stereocenters. The van der Waals surface area contributed by atoms with E-state index < -0.39 is 0 Å². The van der Waals surface area contributed by atoms with Crippen LogP contribution in [0.15, 0.2) is 25.3 Å². The summed E-state index contributed by atoms with van der Waals surface area (Å²) in [5.41, 5.74) is 0. The molecule has 20 heavy (non-hydrogen) atoms. The molecule has 0 saturated carbocycles. The van der Waals surface area contributed by atoms with E-state index in [9.17, 15) is 9.59 Å². The molecule has 0 bridgehead atoms. The Kier molecular flexibility index (Phi) is 10.9. The molecule has 114 valence electrons. The summed E-state index contributed by atoms with van der Waals surface area (Å²) in [7, 11) is 0. The molecule has 0 aliphatic heterocycles. The normalized spacial score (nSPS) is 11.1. The first-order valence-corrected chi connectivity index (χ1v) is 6.85. The average molecular weight is 282 g/mol. The fraction of sp³-hybridized carbons (Fsp3) is 0.571. The SMILES string of the molecule is C=CCNC(=O)NCCCC(C)CNC(=O)NCC=C. The van der Waals surface area contributed by atoms with Gasteiger partial charge in [-0.2, -0.15) is 0 Å². The Balaban J connectivity index is 3.51. The van der Waals surface area contributed by atoms with E-state index in [1.165, 1.54) is 0 Å². The van der Waals surface area contributed by atoms with Crippen LogP contribution in [0.4, 0.5) is 9.59 Å². The zero-order valence-electron chi connectivity index (χ0n) is 12.2. The van der Waals surface area contributed by atoms with Crippen molar-refractivity contribution in [3.63, 3.8) is 0 Å². The van der Waals surface area contributed by atoms with E-state index in [4.69, 9.17) is 0 Å². The lowest BCUT2D eigenvalue weighted by Gasteiger charge is -2.13. The number of amides is 4. The molecule has 1 unspecified atom stereocenters. The standard InChI is InChI=1S/C14H26N4O2/c1-4-8-15-13(19)17-10-6-7-12(3)11-18-14(20)16-9-5-2/h4-5,12H,1-2,6-11H2,3H3,(H2,15,17,19)(H2,16,18,20). The third-order valence-electron chi connectivity index (χ3n) is 2.58. The van der Waals surface area contributed by atoms with Gasteiger partial charge in [-0.25, -0.2) is 9.59 Å². The molecule has 0 saturated heterocycles. The number of carbonyl (C=O) groups is 2. The van der Waals surface area contributed by atoms with Gasteiger partial charge in [0.05, 0.1) is 0 Å². The van der Waals surface area contributed by atoms with Gasteiger partial charge in [-0.1, -0.05) is 19.1 Å². The van der Waals surface area contributed by atoms with E-state index >= 15 is 0 Å². The minimum atomic E-state index is -0.182. The molecular weight excluding hydrogens is 256 g/mol. The molecule has 0 aliphatic rings. The van der Waals surface area contributed by atoms with E-state index in [1.54, 1.807) is 12.2 Å². The minimum Gasteiger partial charge on any atom is -0.338 e. The molecular formula is C14H26N4O2. The van der Waals surface area contributed by atoms with Crippen LogP contribution >= 0.6 is 0 Å². The highest BCUT2D eigenvalue weighted by Crippen LogP contribution is 2.02. The maximum absolute atomic E-state index is 11.3. The molecule has 4 N–H and O–H groups in total. The minimum absolute atomic E-state index is 0.181. The monoisotopic (exact) mass is 282 g/mol. The Morgan fingerprint density at radius 3 is 2.10 bits per heavy atom. The zero-order valence-corrected chi connectivity index (χ0v) is 12.2. The highest BCUT2D eigenvalue weighted by molar-refractivity contribution is 5.74. The molecule has 0 radical (unpaired) electrons. The first-order chi connectivity index (χ1) is 9.60. The lowest BCUT2D eigenvalue weighted by atomic mass is 10.1. The van der Waals surface area contributed by atoms with E-state index in [0.29, 0.717) is 32.1 Å². The Morgan fingerprint density at radius 1 is 1.00 bits per heavy atom. The van der Waals surface area contributed by atoms with Crippen LogP contribution in [0.5, 0.6) is 0 Å². The predicted molar refractivity (Wildman–Crippen MR) is 81.6 cm³/mol. The highest BCUT2D eigenvalue weighted by atomic mass is 16.2. The van der Waals surface area contributed by atoms with E-state index in [1.807, 2.05) is 0 Å². The lowest BCUT2D eigenvalue weighted by molar-refractivity contribution is 0.239. The Labute approximate surface area is 121 Å². The Morgan fingerprint density at radius 2 is 1.55 bits per heavy atom. The van der Waals surface area contributed by atoms with Crippen molar-refractivity contribution < 1.29 is 9.59 Å². The molecule has 0 fully saturated rings. The second-order valence-corrected chi connectivity index (χ2v) is 4.55. The van der Waals surface area contributed by atoms with Crippen LogP contribution in [-0.4, -0.2) is 38.2 Å². The lowest BCUT2D eigenvalue weighted by Crippen LogP contribution is -2.38. The topological polar surface area (TPSA) is 82.3 Å². The molecule has 0 aromatic rings. The molecule has 0 aliphatic carbocycles. The van der Waals surface area contributed by atoms with Crippen LogP contribution in [0.3, 0.4) is 0 Å². The Hall–Kier alpha value is -1.98. The third kappa shape index (κ3) is 11.1. The van der Waals surface area contributed by atoms with Crippen molar-refractivity contribution in [1.82, 2.24) is 21.3 Å². The summed E-state index contributed by atoms with van der Waals surface area (Å²) >= 11 is 0. The van der Waals surface area contributed by atoms with Crippen LogP contribution < -0.4 is 21.3 Å². The molecule has 0 aromatic heterocycles. The molecule has 6 nitrogen and oxygen atoms in total. The van der Waals surface area contributed by atoms with Crippen molar-refractivity contribution in [2.75, 3.05) is 26.2 Å². The first kappa shape index (κ1) is 18.0. The number of rotatable bonds is 10. The van der Waals surface area contributed by atoms with Gasteiger partial charge in [0, 0.05) is 26.2 Å². The van der Waals surface area contributed by atoms with Gasteiger partial charge >= 0.3 is 12.1 Å². The van der Waals surface area contributed by atoms with E-state index in [-0.39, 0.29) is 12.1 Å². The quantitative estimate of drug-likeness (QED) is 0.360. The summed E-state index contributed by atoms with van der Waals surface area (Å²) in [4.78, 5) is 22.5. The van der Waals surface area contributed by atoms with Crippen molar-refractivity contribution in [2.45, 2.75) is 19.8 Å². The van der Waals surface area contributed by atoms with E-state index in [0.717, 1.165) is 12.8 Å². The van der Waals surface area contributed by atoms with Crippen molar-refractivity contribution in [3.05, 3.63) is 25.3 Å². The summed E-state index contributed by atoms with van der Waals surface area (Å²) in [5, 5.41) is 10.8. The second-order valence-electron chi connectivity index (χ2n) is 4.55. The third-order valence-corrected chi connectivity index (χ3v) is 2.58. The van der Waals surface area contributed by atoms with Gasteiger partial charge in [0.25, 0.3) is 0 Å². The number of hydrogen-bond acceptors (Lipinski definition) is 2. The largest absolute Gasteiger partial charge is 0.338 e. The van der Waals surface area contributed by atoms with Gasteiger partial charge in [0.1, 0.15) is 0 Å². The summed E-state index contributed by atoms with van der Waals surface area (Å²) in [6.07, 6.45) is 5.07. The Bertz CT molecular complexity index is 318. The number of carbonyl (C=O) groups excluding carboxylic acids is 2. The van der Waals surface area contributed by atoms with Crippen molar-refractivity contribution in [2.24, 2.45) is 5.92 Å². The van der Waals surface area contributed by atoms with Gasteiger partial charge < -0.3 is 21.3 Å². The van der Waals surface area contributed by atoms with Gasteiger partial charge in [-0.15, -0.1) is 13.2 Å². The summed E-state index contributed by atoms with van der Waals surface area (Å²) < 4.78 is 0. The van der Waals surface area contributed by atoms with Crippen molar-refractivity contribution >= 4 is 12.1 Å². The fourth-order valence-corrected chi connectivity index (χ4v) is 1.48. The average Bonchev–Trinajstić information content (AvgIpc) is 2.45. The molecule has 6 heteroatoms. The summed E-state index contributed by atoms with van der Waals surface area (Å²) in [5.74, 6) is 0.363. The maximum atomic E-state index is 11.3. The molecule has 0 rings (SSSR count). The molecule has 0 spiro atoms.